The molecule has 3 rings (SSSR count). The first-order valence-electron chi connectivity index (χ1n) is 7.83. The molecule has 2 unspecified atom stereocenters. The van der Waals surface area contributed by atoms with Gasteiger partial charge in [0.2, 0.25) is 11.8 Å². The molecule has 1 aliphatic carbocycles. The minimum atomic E-state index is -0.100. The molecular formula is C15H24N2O2. The lowest BCUT2D eigenvalue weighted by atomic mass is 9.82. The van der Waals surface area contributed by atoms with E-state index in [1.807, 2.05) is 0 Å². The molecule has 3 aliphatic rings. The molecule has 3 fully saturated rings. The molecule has 2 aliphatic heterocycles. The van der Waals surface area contributed by atoms with E-state index in [2.05, 4.69) is 10.2 Å². The quantitative estimate of drug-likeness (QED) is 0.825. The second-order valence-corrected chi connectivity index (χ2v) is 6.34. The lowest BCUT2D eigenvalue weighted by Crippen LogP contribution is -2.44. The lowest BCUT2D eigenvalue weighted by molar-refractivity contribution is -0.137. The first-order chi connectivity index (χ1) is 9.25. The lowest BCUT2D eigenvalue weighted by Gasteiger charge is -2.35. The first kappa shape index (κ1) is 12.9. The number of carbonyl (C=O) groups excluding carboxylic acids is 2. The van der Waals surface area contributed by atoms with E-state index in [-0.39, 0.29) is 17.7 Å². The second kappa shape index (κ2) is 5.51. The third-order valence-electron chi connectivity index (χ3n) is 5.10. The van der Waals surface area contributed by atoms with Gasteiger partial charge in [-0.25, -0.2) is 0 Å². The summed E-state index contributed by atoms with van der Waals surface area (Å²) in [5.41, 5.74) is 0. The van der Waals surface area contributed by atoms with Crippen LogP contribution in [-0.4, -0.2) is 35.8 Å². The van der Waals surface area contributed by atoms with Crippen molar-refractivity contribution in [3.63, 3.8) is 0 Å². The number of nitrogens with zero attached hydrogens (tertiary/aromatic N) is 1. The first-order valence-corrected chi connectivity index (χ1v) is 7.83. The molecule has 2 amide bonds. The molecule has 2 atom stereocenters. The zero-order chi connectivity index (χ0) is 13.2. The Bertz CT molecular complexity index is 363. The van der Waals surface area contributed by atoms with Crippen LogP contribution in [0.3, 0.4) is 0 Å². The van der Waals surface area contributed by atoms with Gasteiger partial charge < -0.3 is 10.2 Å². The fourth-order valence-electron chi connectivity index (χ4n) is 4.09. The van der Waals surface area contributed by atoms with Gasteiger partial charge in [-0.3, -0.25) is 9.59 Å². The molecule has 106 valence electrons. The highest BCUT2D eigenvalue weighted by atomic mass is 16.2. The molecule has 19 heavy (non-hydrogen) atoms. The maximum Gasteiger partial charge on any atom is 0.228 e. The zero-order valence-corrected chi connectivity index (χ0v) is 11.6. The highest BCUT2D eigenvalue weighted by molar-refractivity contribution is 5.89. The number of rotatable bonds is 2. The molecule has 0 radical (unpaired) electrons. The van der Waals surface area contributed by atoms with Gasteiger partial charge in [-0.1, -0.05) is 19.3 Å². The Hall–Kier alpha value is -1.06. The number of nitrogens with one attached hydrogen (secondary N) is 1. The van der Waals surface area contributed by atoms with Crippen LogP contribution < -0.4 is 5.32 Å². The van der Waals surface area contributed by atoms with Crippen molar-refractivity contribution in [3.05, 3.63) is 0 Å². The van der Waals surface area contributed by atoms with Crippen LogP contribution in [0.1, 0.15) is 51.4 Å². The van der Waals surface area contributed by atoms with E-state index >= 15 is 0 Å². The van der Waals surface area contributed by atoms with Crippen molar-refractivity contribution in [2.45, 2.75) is 57.4 Å². The van der Waals surface area contributed by atoms with Crippen molar-refractivity contribution < 1.29 is 9.59 Å². The third-order valence-corrected chi connectivity index (χ3v) is 5.10. The SMILES string of the molecule is O=C1CC(C(=O)N2CCCC2C2CCCCC2)CN1. The summed E-state index contributed by atoms with van der Waals surface area (Å²) in [4.78, 5) is 26.0. The molecule has 4 nitrogen and oxygen atoms in total. The molecule has 0 aromatic heterocycles. The van der Waals surface area contributed by atoms with E-state index in [4.69, 9.17) is 0 Å². The smallest absolute Gasteiger partial charge is 0.228 e. The minimum Gasteiger partial charge on any atom is -0.355 e. The van der Waals surface area contributed by atoms with Crippen molar-refractivity contribution in [3.8, 4) is 0 Å². The Kier molecular flexibility index (Phi) is 3.76. The molecule has 1 saturated carbocycles. The summed E-state index contributed by atoms with van der Waals surface area (Å²) >= 11 is 0. The van der Waals surface area contributed by atoms with Gasteiger partial charge in [0.05, 0.1) is 5.92 Å². The number of hydrogen-bond donors (Lipinski definition) is 1. The highest BCUT2D eigenvalue weighted by Crippen LogP contribution is 2.35. The van der Waals surface area contributed by atoms with Crippen LogP contribution in [0.2, 0.25) is 0 Å². The van der Waals surface area contributed by atoms with Crippen molar-refractivity contribution in [2.24, 2.45) is 11.8 Å². The number of carbonyl (C=O) groups is 2. The monoisotopic (exact) mass is 264 g/mol. The van der Waals surface area contributed by atoms with Crippen LogP contribution in [0.4, 0.5) is 0 Å². The van der Waals surface area contributed by atoms with E-state index in [9.17, 15) is 9.59 Å². The van der Waals surface area contributed by atoms with E-state index in [1.54, 1.807) is 0 Å². The number of hydrogen-bond acceptors (Lipinski definition) is 2. The van der Waals surface area contributed by atoms with E-state index in [0.29, 0.717) is 24.9 Å². The average molecular weight is 264 g/mol. The summed E-state index contributed by atoms with van der Waals surface area (Å²) in [6, 6.07) is 0.462. The molecule has 0 spiro atoms. The van der Waals surface area contributed by atoms with Crippen molar-refractivity contribution in [2.75, 3.05) is 13.1 Å². The van der Waals surface area contributed by atoms with Crippen molar-refractivity contribution in [1.82, 2.24) is 10.2 Å². The van der Waals surface area contributed by atoms with Crippen LogP contribution in [0.15, 0.2) is 0 Å². The van der Waals surface area contributed by atoms with Crippen LogP contribution in [0, 0.1) is 11.8 Å². The molecule has 0 aromatic carbocycles. The summed E-state index contributed by atoms with van der Waals surface area (Å²) in [6.45, 7) is 1.45. The minimum absolute atomic E-state index is 0.0340. The summed E-state index contributed by atoms with van der Waals surface area (Å²) in [6.07, 6.45) is 9.29. The van der Waals surface area contributed by atoms with Crippen molar-refractivity contribution >= 4 is 11.8 Å². The molecule has 0 bridgehead atoms. The van der Waals surface area contributed by atoms with Gasteiger partial charge in [-0.15, -0.1) is 0 Å². The average Bonchev–Trinajstić information content (AvgIpc) is 3.07. The standard InChI is InChI=1S/C15H24N2O2/c18-14-9-12(10-16-14)15(19)17-8-4-7-13(17)11-5-2-1-3-6-11/h11-13H,1-10H2,(H,16,18). The van der Waals surface area contributed by atoms with Gasteiger partial charge in [0, 0.05) is 25.6 Å². The molecule has 4 heteroatoms. The van der Waals surface area contributed by atoms with Gasteiger partial charge in [0.1, 0.15) is 0 Å². The Morgan fingerprint density at radius 1 is 1.11 bits per heavy atom. The van der Waals surface area contributed by atoms with Gasteiger partial charge in [0.15, 0.2) is 0 Å². The molecule has 1 N–H and O–H groups in total. The fourth-order valence-corrected chi connectivity index (χ4v) is 4.09. The predicted octanol–water partition coefficient (Wildman–Crippen LogP) is 1.69. The van der Waals surface area contributed by atoms with Crippen LogP contribution in [0.25, 0.3) is 0 Å². The Balaban J connectivity index is 1.65. The summed E-state index contributed by atoms with van der Waals surface area (Å²) in [7, 11) is 0. The maximum atomic E-state index is 12.6. The summed E-state index contributed by atoms with van der Waals surface area (Å²) < 4.78 is 0. The predicted molar refractivity (Wildman–Crippen MR) is 72.4 cm³/mol. The molecule has 0 aromatic rings. The molecule has 2 saturated heterocycles. The topological polar surface area (TPSA) is 49.4 Å². The molecule has 2 heterocycles. The van der Waals surface area contributed by atoms with E-state index in [0.717, 1.165) is 13.0 Å². The summed E-state index contributed by atoms with van der Waals surface area (Å²) in [5.74, 6) is 0.875. The Morgan fingerprint density at radius 3 is 2.58 bits per heavy atom. The van der Waals surface area contributed by atoms with Gasteiger partial charge in [0.25, 0.3) is 0 Å². The maximum absolute atomic E-state index is 12.6. The van der Waals surface area contributed by atoms with Crippen LogP contribution in [-0.2, 0) is 9.59 Å². The van der Waals surface area contributed by atoms with Gasteiger partial charge in [-0.2, -0.15) is 0 Å². The van der Waals surface area contributed by atoms with Crippen LogP contribution in [0.5, 0.6) is 0 Å². The largest absolute Gasteiger partial charge is 0.355 e. The Labute approximate surface area is 114 Å². The third kappa shape index (κ3) is 2.63. The van der Waals surface area contributed by atoms with Gasteiger partial charge in [-0.05, 0) is 31.6 Å². The normalized spacial score (nSPS) is 32.6. The van der Waals surface area contributed by atoms with Crippen LogP contribution >= 0.6 is 0 Å². The number of likely N-dealkylation sites (tertiary alicyclic amines) is 1. The van der Waals surface area contributed by atoms with E-state index < -0.39 is 0 Å². The second-order valence-electron chi connectivity index (χ2n) is 6.34. The van der Waals surface area contributed by atoms with Gasteiger partial charge >= 0.3 is 0 Å². The van der Waals surface area contributed by atoms with Crippen molar-refractivity contribution in [1.29, 1.82) is 0 Å². The zero-order valence-electron chi connectivity index (χ0n) is 11.6. The fraction of sp³-hybridized carbons (Fsp3) is 0.867. The Morgan fingerprint density at radius 2 is 1.89 bits per heavy atom. The molecular weight excluding hydrogens is 240 g/mol. The summed E-state index contributed by atoms with van der Waals surface area (Å²) in [5, 5.41) is 2.78. The number of amides is 2. The van der Waals surface area contributed by atoms with E-state index in [1.165, 1.54) is 38.5 Å². The highest BCUT2D eigenvalue weighted by Gasteiger charge is 2.39.